The van der Waals surface area contributed by atoms with Gasteiger partial charge in [-0.25, -0.2) is 0 Å². The maximum Gasteiger partial charge on any atom is 0.281 e. The second-order valence-electron chi connectivity index (χ2n) is 4.63. The summed E-state index contributed by atoms with van der Waals surface area (Å²) in [5, 5.41) is 6.40. The SMILES string of the molecule is COc1ccc(NS(=O)(=O)c2n[nH]c(C)c2CN)cc1C. The second-order valence-corrected chi connectivity index (χ2v) is 6.22. The van der Waals surface area contributed by atoms with E-state index in [1.54, 1.807) is 32.2 Å². The van der Waals surface area contributed by atoms with Gasteiger partial charge in [0.2, 0.25) is 5.03 Å². The van der Waals surface area contributed by atoms with Crippen LogP contribution in [0.1, 0.15) is 16.8 Å². The van der Waals surface area contributed by atoms with E-state index in [4.69, 9.17) is 10.5 Å². The highest BCUT2D eigenvalue weighted by Gasteiger charge is 2.23. The predicted octanol–water partition coefficient (Wildman–Crippen LogP) is 1.29. The molecule has 0 aliphatic carbocycles. The van der Waals surface area contributed by atoms with E-state index in [0.29, 0.717) is 22.7 Å². The van der Waals surface area contributed by atoms with Crippen LogP contribution in [0, 0.1) is 13.8 Å². The summed E-state index contributed by atoms with van der Waals surface area (Å²) in [6.45, 7) is 3.66. The van der Waals surface area contributed by atoms with Crippen LogP contribution in [0.2, 0.25) is 0 Å². The van der Waals surface area contributed by atoms with Gasteiger partial charge in [-0.2, -0.15) is 13.5 Å². The largest absolute Gasteiger partial charge is 0.496 e. The number of hydrogen-bond acceptors (Lipinski definition) is 5. The molecule has 0 aliphatic heterocycles. The molecule has 0 bridgehead atoms. The number of aromatic amines is 1. The van der Waals surface area contributed by atoms with Crippen LogP contribution in [0.5, 0.6) is 5.75 Å². The smallest absolute Gasteiger partial charge is 0.281 e. The Kier molecular flexibility index (Phi) is 4.19. The average molecular weight is 310 g/mol. The quantitative estimate of drug-likeness (QED) is 0.771. The summed E-state index contributed by atoms with van der Waals surface area (Å²) in [6.07, 6.45) is 0. The summed E-state index contributed by atoms with van der Waals surface area (Å²) in [5.74, 6) is 0.691. The number of nitrogens with two attached hydrogens (primary N) is 1. The number of H-pyrrole nitrogens is 1. The van der Waals surface area contributed by atoms with Crippen molar-refractivity contribution in [2.24, 2.45) is 5.73 Å². The first kappa shape index (κ1) is 15.3. The Morgan fingerprint density at radius 1 is 1.38 bits per heavy atom. The topological polar surface area (TPSA) is 110 Å². The maximum absolute atomic E-state index is 12.4. The zero-order valence-corrected chi connectivity index (χ0v) is 12.9. The van der Waals surface area contributed by atoms with E-state index < -0.39 is 10.0 Å². The van der Waals surface area contributed by atoms with E-state index in [-0.39, 0.29) is 11.6 Å². The summed E-state index contributed by atoms with van der Waals surface area (Å²) in [7, 11) is -2.22. The molecule has 0 aliphatic rings. The van der Waals surface area contributed by atoms with Gasteiger partial charge in [0.25, 0.3) is 10.0 Å². The first-order valence-corrected chi connectivity index (χ1v) is 7.78. The molecule has 7 nitrogen and oxygen atoms in total. The van der Waals surface area contributed by atoms with Crippen molar-refractivity contribution >= 4 is 15.7 Å². The number of rotatable bonds is 5. The van der Waals surface area contributed by atoms with Crippen LogP contribution in [-0.2, 0) is 16.6 Å². The van der Waals surface area contributed by atoms with Crippen molar-refractivity contribution in [3.63, 3.8) is 0 Å². The lowest BCUT2D eigenvalue weighted by Crippen LogP contribution is -2.16. The number of hydrogen-bond donors (Lipinski definition) is 3. The molecule has 8 heteroatoms. The molecule has 0 saturated carbocycles. The van der Waals surface area contributed by atoms with Gasteiger partial charge in [-0.05, 0) is 37.6 Å². The van der Waals surface area contributed by atoms with Gasteiger partial charge < -0.3 is 10.5 Å². The van der Waals surface area contributed by atoms with Gasteiger partial charge in [-0.15, -0.1) is 0 Å². The fourth-order valence-corrected chi connectivity index (χ4v) is 3.30. The van der Waals surface area contributed by atoms with Crippen LogP contribution in [0.25, 0.3) is 0 Å². The van der Waals surface area contributed by atoms with Gasteiger partial charge >= 0.3 is 0 Å². The normalized spacial score (nSPS) is 11.4. The highest BCUT2D eigenvalue weighted by atomic mass is 32.2. The molecular weight excluding hydrogens is 292 g/mol. The summed E-state index contributed by atoms with van der Waals surface area (Å²) in [5.41, 5.74) is 7.97. The lowest BCUT2D eigenvalue weighted by atomic mass is 10.2. The fourth-order valence-electron chi connectivity index (χ4n) is 2.04. The van der Waals surface area contributed by atoms with Crippen molar-refractivity contribution in [2.45, 2.75) is 25.4 Å². The number of aryl methyl sites for hydroxylation is 2. The molecular formula is C13H18N4O3S. The number of nitrogens with one attached hydrogen (secondary N) is 2. The minimum Gasteiger partial charge on any atom is -0.496 e. The van der Waals surface area contributed by atoms with Gasteiger partial charge in [0, 0.05) is 23.5 Å². The standard InChI is InChI=1S/C13H18N4O3S/c1-8-6-10(4-5-12(8)20-3)17-21(18,19)13-11(7-14)9(2)15-16-13/h4-6,17H,7,14H2,1-3H3,(H,15,16). The van der Waals surface area contributed by atoms with Crippen molar-refractivity contribution < 1.29 is 13.2 Å². The van der Waals surface area contributed by atoms with E-state index in [1.807, 2.05) is 6.92 Å². The number of methoxy groups -OCH3 is 1. The number of anilines is 1. The zero-order valence-electron chi connectivity index (χ0n) is 12.1. The van der Waals surface area contributed by atoms with Crippen LogP contribution in [0.4, 0.5) is 5.69 Å². The van der Waals surface area contributed by atoms with Gasteiger partial charge in [-0.1, -0.05) is 0 Å². The molecule has 1 heterocycles. The first-order chi connectivity index (χ1) is 9.89. The Hall–Kier alpha value is -2.06. The highest BCUT2D eigenvalue weighted by molar-refractivity contribution is 7.92. The molecule has 1 aromatic carbocycles. The Balaban J connectivity index is 2.35. The molecule has 4 N–H and O–H groups in total. The monoisotopic (exact) mass is 310 g/mol. The predicted molar refractivity (Wildman–Crippen MR) is 79.8 cm³/mol. The number of sulfonamides is 1. The van der Waals surface area contributed by atoms with Crippen LogP contribution in [0.15, 0.2) is 23.2 Å². The van der Waals surface area contributed by atoms with Crippen molar-refractivity contribution in [3.05, 3.63) is 35.0 Å². The van der Waals surface area contributed by atoms with E-state index in [1.165, 1.54) is 0 Å². The minimum absolute atomic E-state index is 0.0732. The van der Waals surface area contributed by atoms with E-state index >= 15 is 0 Å². The third-order valence-corrected chi connectivity index (χ3v) is 4.49. The Bertz CT molecular complexity index is 753. The Labute approximate surface area is 123 Å². The maximum atomic E-state index is 12.4. The molecule has 0 radical (unpaired) electrons. The van der Waals surface area contributed by atoms with Crippen molar-refractivity contribution in [3.8, 4) is 5.75 Å². The number of benzene rings is 1. The van der Waals surface area contributed by atoms with Crippen molar-refractivity contribution in [1.82, 2.24) is 10.2 Å². The lowest BCUT2D eigenvalue weighted by Gasteiger charge is -2.10. The Morgan fingerprint density at radius 3 is 2.67 bits per heavy atom. The molecule has 114 valence electrons. The zero-order chi connectivity index (χ0) is 15.6. The molecule has 2 rings (SSSR count). The van der Waals surface area contributed by atoms with Gasteiger partial charge in [-0.3, -0.25) is 9.82 Å². The lowest BCUT2D eigenvalue weighted by molar-refractivity contribution is 0.412. The molecule has 0 amide bonds. The van der Waals surface area contributed by atoms with Crippen LogP contribution in [-0.4, -0.2) is 25.7 Å². The minimum atomic E-state index is -3.78. The summed E-state index contributed by atoms with van der Waals surface area (Å²) >= 11 is 0. The second kappa shape index (κ2) is 5.74. The van der Waals surface area contributed by atoms with Crippen LogP contribution >= 0.6 is 0 Å². The summed E-state index contributed by atoms with van der Waals surface area (Å²) < 4.78 is 32.4. The molecule has 21 heavy (non-hydrogen) atoms. The Morgan fingerprint density at radius 2 is 2.10 bits per heavy atom. The van der Waals surface area contributed by atoms with Crippen LogP contribution in [0.3, 0.4) is 0 Å². The van der Waals surface area contributed by atoms with Gasteiger partial charge in [0.05, 0.1) is 7.11 Å². The fraction of sp³-hybridized carbons (Fsp3) is 0.308. The van der Waals surface area contributed by atoms with Gasteiger partial charge in [0.15, 0.2) is 0 Å². The molecule has 0 fully saturated rings. The van der Waals surface area contributed by atoms with E-state index in [9.17, 15) is 8.42 Å². The molecule has 0 saturated heterocycles. The summed E-state index contributed by atoms with van der Waals surface area (Å²) in [4.78, 5) is 0. The molecule has 0 atom stereocenters. The molecule has 0 spiro atoms. The first-order valence-electron chi connectivity index (χ1n) is 6.30. The van der Waals surface area contributed by atoms with Crippen molar-refractivity contribution in [2.75, 3.05) is 11.8 Å². The molecule has 1 aromatic heterocycles. The van der Waals surface area contributed by atoms with Crippen LogP contribution < -0.4 is 15.2 Å². The van der Waals surface area contributed by atoms with E-state index in [0.717, 1.165) is 5.56 Å². The van der Waals surface area contributed by atoms with E-state index in [2.05, 4.69) is 14.9 Å². The van der Waals surface area contributed by atoms with Crippen molar-refractivity contribution in [1.29, 1.82) is 0 Å². The third kappa shape index (κ3) is 3.01. The highest BCUT2D eigenvalue weighted by Crippen LogP contribution is 2.24. The number of ether oxygens (including phenoxy) is 1. The third-order valence-electron chi connectivity index (χ3n) is 3.14. The number of nitrogens with zero attached hydrogens (tertiary/aromatic N) is 1. The van der Waals surface area contributed by atoms with Gasteiger partial charge in [0.1, 0.15) is 5.75 Å². The molecule has 2 aromatic rings. The summed E-state index contributed by atoms with van der Waals surface area (Å²) in [6, 6.07) is 5.02. The number of aromatic nitrogens is 2. The molecule has 0 unspecified atom stereocenters. The average Bonchev–Trinajstić information content (AvgIpc) is 2.80.